The third-order valence-electron chi connectivity index (χ3n) is 4.09. The fraction of sp³-hybridized carbons (Fsp3) is 0.300. The number of thioether (sulfide) groups is 1. The lowest BCUT2D eigenvalue weighted by atomic mass is 10.2. The van der Waals surface area contributed by atoms with Gasteiger partial charge in [-0.1, -0.05) is 25.6 Å². The predicted molar refractivity (Wildman–Crippen MR) is 111 cm³/mol. The third-order valence-corrected chi connectivity index (χ3v) is 5.17. The van der Waals surface area contributed by atoms with Crippen LogP contribution in [0.4, 0.5) is 5.69 Å². The summed E-state index contributed by atoms with van der Waals surface area (Å²) in [6.45, 7) is 6.71. The number of nitrogens with two attached hydrogens (primary N) is 1. The van der Waals surface area contributed by atoms with E-state index in [1.807, 2.05) is 10.6 Å². The van der Waals surface area contributed by atoms with Gasteiger partial charge in [-0.05, 0) is 49.2 Å². The maximum absolute atomic E-state index is 12.6. The SMILES string of the molecule is CC(C)Cn1c(SC(C)C(=O)Nc2ccc(C(N)=O)cc2)nnc1-c1ccco1. The van der Waals surface area contributed by atoms with Gasteiger partial charge in [0.2, 0.25) is 11.8 Å². The standard InChI is InChI=1S/C20H23N5O3S/c1-12(2)11-25-18(16-5-4-10-28-16)23-24-20(25)29-13(3)19(27)22-15-8-6-14(7-9-15)17(21)26/h4-10,12-13H,11H2,1-3H3,(H2,21,26)(H,22,27). The first-order valence-corrected chi connectivity index (χ1v) is 10.1. The molecule has 0 saturated carbocycles. The first kappa shape index (κ1) is 20.7. The fourth-order valence-electron chi connectivity index (χ4n) is 2.67. The summed E-state index contributed by atoms with van der Waals surface area (Å²) < 4.78 is 7.44. The normalized spacial score (nSPS) is 12.1. The molecule has 29 heavy (non-hydrogen) atoms. The Morgan fingerprint density at radius 3 is 2.48 bits per heavy atom. The molecule has 0 bridgehead atoms. The van der Waals surface area contributed by atoms with Crippen molar-refractivity contribution in [3.8, 4) is 11.6 Å². The number of hydrogen-bond donors (Lipinski definition) is 2. The van der Waals surface area contributed by atoms with Crippen molar-refractivity contribution in [1.29, 1.82) is 0 Å². The molecule has 1 unspecified atom stereocenters. The fourth-order valence-corrected chi connectivity index (χ4v) is 3.53. The van der Waals surface area contributed by atoms with Gasteiger partial charge in [0, 0.05) is 17.8 Å². The quantitative estimate of drug-likeness (QED) is 0.547. The van der Waals surface area contributed by atoms with Gasteiger partial charge in [-0.15, -0.1) is 10.2 Å². The molecule has 8 nitrogen and oxygen atoms in total. The van der Waals surface area contributed by atoms with Gasteiger partial charge in [-0.3, -0.25) is 14.2 Å². The molecule has 152 valence electrons. The van der Waals surface area contributed by atoms with Crippen LogP contribution in [0, 0.1) is 5.92 Å². The zero-order valence-electron chi connectivity index (χ0n) is 16.5. The van der Waals surface area contributed by atoms with Crippen LogP contribution in [0.15, 0.2) is 52.2 Å². The Kier molecular flexibility index (Phi) is 6.38. The molecule has 3 aromatic rings. The highest BCUT2D eigenvalue weighted by molar-refractivity contribution is 8.00. The largest absolute Gasteiger partial charge is 0.461 e. The molecule has 0 spiro atoms. The molecule has 0 saturated heterocycles. The van der Waals surface area contributed by atoms with Gasteiger partial charge in [0.05, 0.1) is 11.5 Å². The van der Waals surface area contributed by atoms with Gasteiger partial charge in [0.15, 0.2) is 16.7 Å². The number of nitrogens with one attached hydrogen (secondary N) is 1. The Labute approximate surface area is 172 Å². The van der Waals surface area contributed by atoms with E-state index in [0.717, 1.165) is 0 Å². The highest BCUT2D eigenvalue weighted by Gasteiger charge is 2.22. The summed E-state index contributed by atoms with van der Waals surface area (Å²) in [7, 11) is 0. The van der Waals surface area contributed by atoms with Crippen molar-refractivity contribution in [2.45, 2.75) is 37.7 Å². The number of nitrogens with zero attached hydrogens (tertiary/aromatic N) is 3. The molecule has 0 radical (unpaired) electrons. The Balaban J connectivity index is 1.73. The lowest BCUT2D eigenvalue weighted by molar-refractivity contribution is -0.115. The molecule has 2 aromatic heterocycles. The third kappa shape index (κ3) is 5.05. The molecule has 3 N–H and O–H groups in total. The average Bonchev–Trinajstić information content (AvgIpc) is 3.32. The summed E-state index contributed by atoms with van der Waals surface area (Å²) in [5.41, 5.74) is 6.21. The minimum Gasteiger partial charge on any atom is -0.461 e. The zero-order valence-corrected chi connectivity index (χ0v) is 17.3. The van der Waals surface area contributed by atoms with E-state index in [-0.39, 0.29) is 5.91 Å². The van der Waals surface area contributed by atoms with Crippen molar-refractivity contribution < 1.29 is 14.0 Å². The van der Waals surface area contributed by atoms with Crippen LogP contribution >= 0.6 is 11.8 Å². The minimum atomic E-state index is -0.511. The molecule has 2 amide bonds. The van der Waals surface area contributed by atoms with Gasteiger partial charge >= 0.3 is 0 Å². The molecular weight excluding hydrogens is 390 g/mol. The number of primary amides is 1. The maximum Gasteiger partial charge on any atom is 0.248 e. The molecule has 3 rings (SSSR count). The lowest BCUT2D eigenvalue weighted by Gasteiger charge is -2.14. The second-order valence-electron chi connectivity index (χ2n) is 6.98. The Bertz CT molecular complexity index is 980. The van der Waals surface area contributed by atoms with Crippen LogP contribution in [0.2, 0.25) is 0 Å². The number of carbonyl (C=O) groups excluding carboxylic acids is 2. The van der Waals surface area contributed by atoms with E-state index >= 15 is 0 Å². The lowest BCUT2D eigenvalue weighted by Crippen LogP contribution is -2.23. The van der Waals surface area contributed by atoms with Crippen molar-refractivity contribution in [2.24, 2.45) is 11.7 Å². The second kappa shape index (κ2) is 8.95. The number of amides is 2. The molecular formula is C20H23N5O3S. The van der Waals surface area contributed by atoms with Crippen molar-refractivity contribution in [3.63, 3.8) is 0 Å². The Hall–Kier alpha value is -3.07. The van der Waals surface area contributed by atoms with E-state index in [1.54, 1.807) is 43.5 Å². The van der Waals surface area contributed by atoms with Crippen LogP contribution in [-0.4, -0.2) is 31.8 Å². The molecule has 1 atom stereocenters. The van der Waals surface area contributed by atoms with E-state index in [2.05, 4.69) is 29.4 Å². The zero-order chi connectivity index (χ0) is 21.0. The van der Waals surface area contributed by atoms with Gasteiger partial charge < -0.3 is 15.5 Å². The Morgan fingerprint density at radius 1 is 1.17 bits per heavy atom. The van der Waals surface area contributed by atoms with Crippen molar-refractivity contribution in [2.75, 3.05) is 5.32 Å². The minimum absolute atomic E-state index is 0.180. The van der Waals surface area contributed by atoms with Gasteiger partial charge in [-0.25, -0.2) is 0 Å². The number of furan rings is 1. The number of rotatable bonds is 8. The summed E-state index contributed by atoms with van der Waals surface area (Å²) in [5.74, 6) is 0.952. The molecule has 2 heterocycles. The topological polar surface area (TPSA) is 116 Å². The monoisotopic (exact) mass is 413 g/mol. The molecule has 0 aliphatic carbocycles. The van der Waals surface area contributed by atoms with E-state index < -0.39 is 11.2 Å². The van der Waals surface area contributed by atoms with Gasteiger partial charge in [0.1, 0.15) is 0 Å². The summed E-state index contributed by atoms with van der Waals surface area (Å²) >= 11 is 1.33. The molecule has 0 fully saturated rings. The summed E-state index contributed by atoms with van der Waals surface area (Å²) in [6.07, 6.45) is 1.59. The van der Waals surface area contributed by atoms with Crippen molar-refractivity contribution >= 4 is 29.3 Å². The number of hydrogen-bond acceptors (Lipinski definition) is 6. The molecule has 1 aromatic carbocycles. The molecule has 9 heteroatoms. The first-order valence-electron chi connectivity index (χ1n) is 9.19. The van der Waals surface area contributed by atoms with Crippen LogP contribution in [0.3, 0.4) is 0 Å². The number of anilines is 1. The maximum atomic E-state index is 12.6. The van der Waals surface area contributed by atoms with Crippen molar-refractivity contribution in [1.82, 2.24) is 14.8 Å². The van der Waals surface area contributed by atoms with Crippen LogP contribution < -0.4 is 11.1 Å². The predicted octanol–water partition coefficient (Wildman–Crippen LogP) is 3.41. The van der Waals surface area contributed by atoms with Crippen molar-refractivity contribution in [3.05, 3.63) is 48.2 Å². The highest BCUT2D eigenvalue weighted by atomic mass is 32.2. The average molecular weight is 414 g/mol. The van der Waals surface area contributed by atoms with Crippen LogP contribution in [0.5, 0.6) is 0 Å². The number of benzene rings is 1. The number of aromatic nitrogens is 3. The number of carbonyl (C=O) groups is 2. The van der Waals surface area contributed by atoms with Gasteiger partial charge in [-0.2, -0.15) is 0 Å². The summed E-state index contributed by atoms with van der Waals surface area (Å²) in [4.78, 5) is 23.8. The van der Waals surface area contributed by atoms with E-state index in [1.165, 1.54) is 11.8 Å². The molecule has 0 aliphatic heterocycles. The second-order valence-corrected chi connectivity index (χ2v) is 8.29. The molecule has 0 aliphatic rings. The van der Waals surface area contributed by atoms with Crippen LogP contribution in [0.1, 0.15) is 31.1 Å². The van der Waals surface area contributed by atoms with Gasteiger partial charge in [0.25, 0.3) is 0 Å². The summed E-state index contributed by atoms with van der Waals surface area (Å²) in [5, 5.41) is 11.6. The van der Waals surface area contributed by atoms with Crippen LogP contribution in [-0.2, 0) is 11.3 Å². The van der Waals surface area contributed by atoms with E-state index in [0.29, 0.717) is 40.5 Å². The Morgan fingerprint density at radius 2 is 1.90 bits per heavy atom. The van der Waals surface area contributed by atoms with E-state index in [4.69, 9.17) is 10.2 Å². The first-order chi connectivity index (χ1) is 13.8. The summed E-state index contributed by atoms with van der Waals surface area (Å²) in [6, 6.07) is 10.1. The smallest absolute Gasteiger partial charge is 0.248 e. The van der Waals surface area contributed by atoms with E-state index in [9.17, 15) is 9.59 Å². The van der Waals surface area contributed by atoms with Crippen LogP contribution in [0.25, 0.3) is 11.6 Å². The highest BCUT2D eigenvalue weighted by Crippen LogP contribution is 2.28.